The van der Waals surface area contributed by atoms with E-state index in [4.69, 9.17) is 4.74 Å². The molecule has 106 valence electrons. The molecule has 1 aliphatic heterocycles. The van der Waals surface area contributed by atoms with Gasteiger partial charge in [0.25, 0.3) is 0 Å². The normalized spacial score (nSPS) is 19.8. The van der Waals surface area contributed by atoms with E-state index in [1.165, 1.54) is 25.1 Å². The Bertz CT molecular complexity index is 539. The Labute approximate surface area is 113 Å². The van der Waals surface area contributed by atoms with Crippen molar-refractivity contribution in [3.05, 3.63) is 29.6 Å². The highest BCUT2D eigenvalue weighted by Gasteiger charge is 2.20. The fourth-order valence-corrected chi connectivity index (χ4v) is 3.48. The van der Waals surface area contributed by atoms with Gasteiger partial charge in [0.2, 0.25) is 10.0 Å². The van der Waals surface area contributed by atoms with E-state index in [1.54, 1.807) is 0 Å². The lowest BCUT2D eigenvalue weighted by atomic mass is 10.2. The van der Waals surface area contributed by atoms with E-state index in [9.17, 15) is 12.8 Å². The number of ether oxygens (including phenoxy) is 1. The number of hydrogen-bond donors (Lipinski definition) is 1. The molecule has 1 N–H and O–H groups in total. The van der Waals surface area contributed by atoms with Gasteiger partial charge in [0.05, 0.1) is 11.0 Å². The topological polar surface area (TPSA) is 55.4 Å². The number of rotatable bonds is 5. The Morgan fingerprint density at radius 1 is 1.47 bits per heavy atom. The molecule has 0 aliphatic carbocycles. The van der Waals surface area contributed by atoms with Gasteiger partial charge in [-0.1, -0.05) is 6.07 Å². The van der Waals surface area contributed by atoms with Crippen LogP contribution in [0.2, 0.25) is 0 Å². The van der Waals surface area contributed by atoms with Gasteiger partial charge in [-0.3, -0.25) is 0 Å². The van der Waals surface area contributed by atoms with E-state index in [2.05, 4.69) is 4.72 Å². The molecule has 0 aromatic heterocycles. The maximum absolute atomic E-state index is 13.4. The van der Waals surface area contributed by atoms with Crippen molar-refractivity contribution < 1.29 is 17.5 Å². The van der Waals surface area contributed by atoms with Crippen molar-refractivity contribution in [3.8, 4) is 0 Å². The Kier molecular flexibility index (Phi) is 4.54. The number of sulfonamides is 1. The summed E-state index contributed by atoms with van der Waals surface area (Å²) >= 11 is 0. The predicted octanol–water partition coefficient (Wildman–Crippen LogP) is 1.98. The van der Waals surface area contributed by atoms with Crippen molar-refractivity contribution in [3.63, 3.8) is 0 Å². The van der Waals surface area contributed by atoms with Crippen molar-refractivity contribution in [1.82, 2.24) is 4.72 Å². The van der Waals surface area contributed by atoms with Crippen molar-refractivity contribution in [2.75, 3.05) is 13.2 Å². The molecule has 1 atom stereocenters. The lowest BCUT2D eigenvalue weighted by molar-refractivity contribution is 0.105. The Morgan fingerprint density at radius 2 is 2.26 bits per heavy atom. The van der Waals surface area contributed by atoms with Crippen LogP contribution in [0.4, 0.5) is 4.39 Å². The standard InChI is InChI=1S/C13H18FNO3S/c1-10-12(14)5-2-6-13(10)19(16,17)15-8-7-11-4-3-9-18-11/h2,5-6,11,15H,3-4,7-9H2,1H3. The molecule has 1 saturated heterocycles. The summed E-state index contributed by atoms with van der Waals surface area (Å²) in [7, 11) is -3.65. The fraction of sp³-hybridized carbons (Fsp3) is 0.538. The molecule has 1 unspecified atom stereocenters. The first-order valence-electron chi connectivity index (χ1n) is 6.37. The Morgan fingerprint density at radius 3 is 2.95 bits per heavy atom. The van der Waals surface area contributed by atoms with Gasteiger partial charge < -0.3 is 4.74 Å². The molecule has 1 aromatic carbocycles. The molecule has 4 nitrogen and oxygen atoms in total. The van der Waals surface area contributed by atoms with Crippen molar-refractivity contribution in [1.29, 1.82) is 0 Å². The molecule has 0 saturated carbocycles. The molecule has 1 aliphatic rings. The summed E-state index contributed by atoms with van der Waals surface area (Å²) in [6.45, 7) is 2.52. The Hall–Kier alpha value is -0.980. The fourth-order valence-electron chi connectivity index (χ4n) is 2.18. The van der Waals surface area contributed by atoms with E-state index >= 15 is 0 Å². The highest BCUT2D eigenvalue weighted by atomic mass is 32.2. The van der Waals surface area contributed by atoms with Gasteiger partial charge in [-0.25, -0.2) is 17.5 Å². The first kappa shape index (κ1) is 14.4. The summed E-state index contributed by atoms with van der Waals surface area (Å²) < 4.78 is 45.4. The number of nitrogens with one attached hydrogen (secondary N) is 1. The summed E-state index contributed by atoms with van der Waals surface area (Å²) in [4.78, 5) is -0.000148. The van der Waals surface area contributed by atoms with Gasteiger partial charge in [-0.2, -0.15) is 0 Å². The molecule has 0 bridgehead atoms. The maximum atomic E-state index is 13.4. The molecule has 0 spiro atoms. The van der Waals surface area contributed by atoms with Crippen molar-refractivity contribution in [2.24, 2.45) is 0 Å². The van der Waals surface area contributed by atoms with Gasteiger partial charge in [-0.15, -0.1) is 0 Å². The summed E-state index contributed by atoms with van der Waals surface area (Å²) in [5.41, 5.74) is 0.145. The first-order valence-corrected chi connectivity index (χ1v) is 7.85. The zero-order chi connectivity index (χ0) is 13.9. The van der Waals surface area contributed by atoms with Crippen LogP contribution in [0.1, 0.15) is 24.8 Å². The molecule has 19 heavy (non-hydrogen) atoms. The molecule has 6 heteroatoms. The summed E-state index contributed by atoms with van der Waals surface area (Å²) in [5, 5.41) is 0. The summed E-state index contributed by atoms with van der Waals surface area (Å²) in [6, 6.07) is 4.06. The van der Waals surface area contributed by atoms with E-state index in [1.807, 2.05) is 0 Å². The molecule has 0 amide bonds. The van der Waals surface area contributed by atoms with Gasteiger partial charge in [0, 0.05) is 18.7 Å². The zero-order valence-corrected chi connectivity index (χ0v) is 11.7. The van der Waals surface area contributed by atoms with Crippen LogP contribution in [-0.2, 0) is 14.8 Å². The van der Waals surface area contributed by atoms with Crippen LogP contribution in [0.25, 0.3) is 0 Å². The molecule has 1 fully saturated rings. The van der Waals surface area contributed by atoms with Crippen LogP contribution < -0.4 is 4.72 Å². The van der Waals surface area contributed by atoms with Crippen LogP contribution in [0, 0.1) is 12.7 Å². The minimum absolute atomic E-state index is 0.000148. The predicted molar refractivity (Wildman–Crippen MR) is 69.9 cm³/mol. The second kappa shape index (κ2) is 5.98. The molecule has 1 aromatic rings. The lowest BCUT2D eigenvalue weighted by Crippen LogP contribution is -2.28. The minimum Gasteiger partial charge on any atom is -0.378 e. The number of halogens is 1. The third kappa shape index (κ3) is 3.52. The van der Waals surface area contributed by atoms with E-state index in [-0.39, 0.29) is 16.6 Å². The smallest absolute Gasteiger partial charge is 0.240 e. The quantitative estimate of drug-likeness (QED) is 0.901. The highest BCUT2D eigenvalue weighted by molar-refractivity contribution is 7.89. The van der Waals surface area contributed by atoms with Crippen LogP contribution in [0.5, 0.6) is 0 Å². The van der Waals surface area contributed by atoms with E-state index in [0.717, 1.165) is 19.4 Å². The SMILES string of the molecule is Cc1c(F)cccc1S(=O)(=O)NCCC1CCCO1. The third-order valence-corrected chi connectivity index (χ3v) is 4.90. The average Bonchev–Trinajstić information content (AvgIpc) is 2.85. The molecule has 2 rings (SSSR count). The summed E-state index contributed by atoms with van der Waals surface area (Å²) in [5.74, 6) is -0.512. The molecule has 1 heterocycles. The number of benzene rings is 1. The Balaban J connectivity index is 1.99. The van der Waals surface area contributed by atoms with Crippen LogP contribution in [0.3, 0.4) is 0 Å². The maximum Gasteiger partial charge on any atom is 0.240 e. The summed E-state index contributed by atoms with van der Waals surface area (Å²) in [6.07, 6.45) is 2.78. The van der Waals surface area contributed by atoms with Gasteiger partial charge >= 0.3 is 0 Å². The van der Waals surface area contributed by atoms with E-state index in [0.29, 0.717) is 13.0 Å². The largest absolute Gasteiger partial charge is 0.378 e. The monoisotopic (exact) mass is 287 g/mol. The average molecular weight is 287 g/mol. The number of hydrogen-bond acceptors (Lipinski definition) is 3. The molecule has 0 radical (unpaired) electrons. The first-order chi connectivity index (χ1) is 9.00. The van der Waals surface area contributed by atoms with Crippen molar-refractivity contribution >= 4 is 10.0 Å². The second-order valence-corrected chi connectivity index (χ2v) is 6.42. The van der Waals surface area contributed by atoms with Gasteiger partial charge in [0.1, 0.15) is 5.82 Å². The van der Waals surface area contributed by atoms with Gasteiger partial charge in [0.15, 0.2) is 0 Å². The van der Waals surface area contributed by atoms with E-state index < -0.39 is 15.8 Å². The lowest BCUT2D eigenvalue weighted by Gasteiger charge is -2.12. The van der Waals surface area contributed by atoms with Crippen LogP contribution in [0.15, 0.2) is 23.1 Å². The van der Waals surface area contributed by atoms with Crippen LogP contribution in [-0.4, -0.2) is 27.7 Å². The minimum atomic E-state index is -3.65. The molecular formula is C13H18FNO3S. The van der Waals surface area contributed by atoms with Gasteiger partial charge in [-0.05, 0) is 38.3 Å². The second-order valence-electron chi connectivity index (χ2n) is 4.68. The zero-order valence-electron chi connectivity index (χ0n) is 10.9. The highest BCUT2D eigenvalue weighted by Crippen LogP contribution is 2.18. The van der Waals surface area contributed by atoms with Crippen molar-refractivity contribution in [2.45, 2.75) is 37.2 Å². The molecular weight excluding hydrogens is 269 g/mol. The third-order valence-electron chi connectivity index (χ3n) is 3.29. The van der Waals surface area contributed by atoms with Crippen LogP contribution >= 0.6 is 0 Å².